The molecule has 0 aliphatic carbocycles. The molecule has 2 aliphatic heterocycles. The predicted octanol–water partition coefficient (Wildman–Crippen LogP) is 0.332. The molecule has 0 radical (unpaired) electrons. The summed E-state index contributed by atoms with van der Waals surface area (Å²) in [6.45, 7) is 11.6. The molecule has 2 fully saturated rings. The van der Waals surface area contributed by atoms with Crippen LogP contribution in [0.2, 0.25) is 0 Å². The van der Waals surface area contributed by atoms with Crippen molar-refractivity contribution < 1.29 is 5.11 Å². The van der Waals surface area contributed by atoms with Crippen molar-refractivity contribution in [2.45, 2.75) is 32.7 Å². The molecule has 2 rings (SSSR count). The average molecular weight is 241 g/mol. The van der Waals surface area contributed by atoms with Gasteiger partial charge in [-0.2, -0.15) is 0 Å². The Morgan fingerprint density at radius 2 is 2.24 bits per heavy atom. The van der Waals surface area contributed by atoms with Crippen molar-refractivity contribution in [3.63, 3.8) is 0 Å². The lowest BCUT2D eigenvalue weighted by Gasteiger charge is -2.28. The van der Waals surface area contributed by atoms with Crippen molar-refractivity contribution in [1.29, 1.82) is 0 Å². The van der Waals surface area contributed by atoms with Crippen LogP contribution in [0.25, 0.3) is 0 Å². The van der Waals surface area contributed by atoms with E-state index in [0.717, 1.165) is 32.2 Å². The van der Waals surface area contributed by atoms with E-state index < -0.39 is 0 Å². The van der Waals surface area contributed by atoms with Crippen molar-refractivity contribution in [3.05, 3.63) is 0 Å². The second kappa shape index (κ2) is 5.65. The molecule has 1 unspecified atom stereocenters. The Balaban J connectivity index is 1.67. The second-order valence-corrected chi connectivity index (χ2v) is 6.31. The van der Waals surface area contributed by atoms with Crippen LogP contribution in [0, 0.1) is 5.41 Å². The highest BCUT2D eigenvalue weighted by atomic mass is 16.3. The molecule has 0 amide bonds. The molecule has 2 aliphatic rings. The van der Waals surface area contributed by atoms with Gasteiger partial charge in [0.05, 0.1) is 6.67 Å². The smallest absolute Gasteiger partial charge is 0.0511 e. The summed E-state index contributed by atoms with van der Waals surface area (Å²) >= 11 is 0. The Morgan fingerprint density at radius 3 is 2.94 bits per heavy atom. The Kier molecular flexibility index (Phi) is 4.42. The third-order valence-corrected chi connectivity index (χ3v) is 4.08. The molecular weight excluding hydrogens is 214 g/mol. The van der Waals surface area contributed by atoms with E-state index in [1.165, 1.54) is 26.1 Å². The lowest BCUT2D eigenvalue weighted by atomic mass is 9.89. The summed E-state index contributed by atoms with van der Waals surface area (Å²) in [6, 6.07) is 0.731. The monoisotopic (exact) mass is 241 g/mol. The van der Waals surface area contributed by atoms with E-state index >= 15 is 0 Å². The summed E-state index contributed by atoms with van der Waals surface area (Å²) in [5.41, 5.74) is 0.0916. The van der Waals surface area contributed by atoms with Gasteiger partial charge in [0, 0.05) is 38.8 Å². The lowest BCUT2D eigenvalue weighted by Crippen LogP contribution is -2.48. The highest BCUT2D eigenvalue weighted by Gasteiger charge is 2.31. The number of aliphatic hydroxyl groups excluding tert-OH is 1. The molecule has 0 aromatic heterocycles. The zero-order valence-corrected chi connectivity index (χ0v) is 11.3. The summed E-state index contributed by atoms with van der Waals surface area (Å²) < 4.78 is 0. The molecule has 0 aromatic rings. The van der Waals surface area contributed by atoms with Crippen LogP contribution in [-0.2, 0) is 0 Å². The molecule has 100 valence electrons. The third-order valence-electron chi connectivity index (χ3n) is 4.08. The zero-order valence-electron chi connectivity index (χ0n) is 11.3. The van der Waals surface area contributed by atoms with E-state index in [9.17, 15) is 5.11 Å². The number of hydrogen-bond donors (Lipinski definition) is 2. The Morgan fingerprint density at radius 1 is 1.41 bits per heavy atom. The van der Waals surface area contributed by atoms with Gasteiger partial charge in [-0.1, -0.05) is 13.8 Å². The summed E-state index contributed by atoms with van der Waals surface area (Å²) in [5.74, 6) is 0. The van der Waals surface area contributed by atoms with E-state index in [4.69, 9.17) is 0 Å². The molecule has 4 heteroatoms. The highest BCUT2D eigenvalue weighted by molar-refractivity contribution is 4.87. The normalized spacial score (nSPS) is 27.4. The minimum atomic E-state index is 0.0916. The van der Waals surface area contributed by atoms with Crippen molar-refractivity contribution in [3.8, 4) is 0 Å². The largest absolute Gasteiger partial charge is 0.396 e. The van der Waals surface area contributed by atoms with Gasteiger partial charge < -0.3 is 10.4 Å². The van der Waals surface area contributed by atoms with Crippen LogP contribution in [0.1, 0.15) is 26.7 Å². The average Bonchev–Trinajstić information content (AvgIpc) is 2.71. The number of aliphatic hydroxyl groups is 1. The summed E-state index contributed by atoms with van der Waals surface area (Å²) in [4.78, 5) is 5.15. The minimum absolute atomic E-state index is 0.0916. The van der Waals surface area contributed by atoms with Crippen molar-refractivity contribution in [2.24, 2.45) is 5.41 Å². The molecule has 4 nitrogen and oxygen atoms in total. The minimum Gasteiger partial charge on any atom is -0.396 e. The highest BCUT2D eigenvalue weighted by Crippen LogP contribution is 2.22. The second-order valence-electron chi connectivity index (χ2n) is 6.31. The number of rotatable bonds is 5. The third kappa shape index (κ3) is 3.65. The quantitative estimate of drug-likeness (QED) is 0.728. The molecule has 0 aromatic carbocycles. The SMILES string of the molecule is CC(C)(CO)CCCN1CC2CNCCN2C1. The Bertz CT molecular complexity index is 231. The van der Waals surface area contributed by atoms with Gasteiger partial charge in [0.1, 0.15) is 0 Å². The first-order valence-electron chi connectivity index (χ1n) is 6.89. The van der Waals surface area contributed by atoms with E-state index in [0.29, 0.717) is 6.61 Å². The number of hydrogen-bond acceptors (Lipinski definition) is 4. The standard InChI is InChI=1S/C13H27N3O/c1-13(2,10-17)4-3-6-15-9-12-8-14-5-7-16(12)11-15/h12,14,17H,3-11H2,1-2H3. The molecule has 0 spiro atoms. The molecule has 0 bridgehead atoms. The number of nitrogens with one attached hydrogen (secondary N) is 1. The fourth-order valence-electron chi connectivity index (χ4n) is 2.80. The van der Waals surface area contributed by atoms with Gasteiger partial charge in [0.15, 0.2) is 0 Å². The van der Waals surface area contributed by atoms with E-state index in [1.54, 1.807) is 0 Å². The first kappa shape index (κ1) is 13.3. The molecular formula is C13H27N3O. The predicted molar refractivity (Wildman–Crippen MR) is 69.9 cm³/mol. The molecule has 17 heavy (non-hydrogen) atoms. The van der Waals surface area contributed by atoms with Crippen LogP contribution in [0.5, 0.6) is 0 Å². The van der Waals surface area contributed by atoms with Crippen LogP contribution >= 0.6 is 0 Å². The fraction of sp³-hybridized carbons (Fsp3) is 1.00. The van der Waals surface area contributed by atoms with Crippen molar-refractivity contribution >= 4 is 0 Å². The lowest BCUT2D eigenvalue weighted by molar-refractivity contribution is 0.140. The van der Waals surface area contributed by atoms with Gasteiger partial charge in [-0.3, -0.25) is 9.80 Å². The molecule has 2 heterocycles. The molecule has 1 atom stereocenters. The summed E-state index contributed by atoms with van der Waals surface area (Å²) in [7, 11) is 0. The zero-order chi connectivity index (χ0) is 12.3. The number of fused-ring (bicyclic) bond motifs is 1. The van der Waals surface area contributed by atoms with Crippen LogP contribution in [-0.4, -0.2) is 66.9 Å². The van der Waals surface area contributed by atoms with Crippen molar-refractivity contribution in [1.82, 2.24) is 15.1 Å². The maximum absolute atomic E-state index is 9.22. The Hall–Kier alpha value is -0.160. The van der Waals surface area contributed by atoms with E-state index in [-0.39, 0.29) is 5.41 Å². The first-order valence-corrected chi connectivity index (χ1v) is 6.89. The number of piperazine rings is 1. The molecule has 0 saturated carbocycles. The van der Waals surface area contributed by atoms with E-state index in [1.807, 2.05) is 0 Å². The van der Waals surface area contributed by atoms with Crippen LogP contribution in [0.3, 0.4) is 0 Å². The van der Waals surface area contributed by atoms with Gasteiger partial charge in [0.2, 0.25) is 0 Å². The van der Waals surface area contributed by atoms with Crippen LogP contribution in [0.4, 0.5) is 0 Å². The summed E-state index contributed by atoms with van der Waals surface area (Å²) in [6.07, 6.45) is 2.31. The molecule has 2 saturated heterocycles. The summed E-state index contributed by atoms with van der Waals surface area (Å²) in [5, 5.41) is 12.7. The maximum Gasteiger partial charge on any atom is 0.0511 e. The molecule has 2 N–H and O–H groups in total. The van der Waals surface area contributed by atoms with Crippen LogP contribution < -0.4 is 5.32 Å². The fourth-order valence-corrected chi connectivity index (χ4v) is 2.80. The van der Waals surface area contributed by atoms with Crippen LogP contribution in [0.15, 0.2) is 0 Å². The van der Waals surface area contributed by atoms with Gasteiger partial charge in [-0.15, -0.1) is 0 Å². The van der Waals surface area contributed by atoms with Gasteiger partial charge >= 0.3 is 0 Å². The first-order chi connectivity index (χ1) is 8.11. The maximum atomic E-state index is 9.22. The number of nitrogens with zero attached hydrogens (tertiary/aromatic N) is 2. The van der Waals surface area contributed by atoms with Gasteiger partial charge in [0.25, 0.3) is 0 Å². The van der Waals surface area contributed by atoms with Crippen molar-refractivity contribution in [2.75, 3.05) is 46.0 Å². The van der Waals surface area contributed by atoms with Gasteiger partial charge in [-0.25, -0.2) is 0 Å². The Labute approximate surface area is 105 Å². The van der Waals surface area contributed by atoms with Gasteiger partial charge in [-0.05, 0) is 24.8 Å². The van der Waals surface area contributed by atoms with E-state index in [2.05, 4.69) is 29.0 Å². The topological polar surface area (TPSA) is 38.7 Å².